The van der Waals surface area contributed by atoms with Crippen molar-refractivity contribution in [1.82, 2.24) is 9.62 Å². The van der Waals surface area contributed by atoms with Crippen LogP contribution in [-0.2, 0) is 21.3 Å². The lowest BCUT2D eigenvalue weighted by atomic mass is 10.3. The molecule has 20 heavy (non-hydrogen) atoms. The number of rotatable bonds is 5. The molecule has 0 radical (unpaired) electrons. The Morgan fingerprint density at radius 2 is 2.00 bits per heavy atom. The molecule has 0 aromatic carbocycles. The van der Waals surface area contributed by atoms with Gasteiger partial charge >= 0.3 is 0 Å². The third-order valence-electron chi connectivity index (χ3n) is 3.20. The highest BCUT2D eigenvalue weighted by molar-refractivity contribution is 7.89. The summed E-state index contributed by atoms with van der Waals surface area (Å²) in [5.41, 5.74) is 0. The van der Waals surface area contributed by atoms with Crippen LogP contribution in [-0.4, -0.2) is 45.1 Å². The van der Waals surface area contributed by atoms with Gasteiger partial charge in [0.15, 0.2) is 0 Å². The van der Waals surface area contributed by atoms with Crippen molar-refractivity contribution in [3.8, 4) is 0 Å². The van der Waals surface area contributed by atoms with E-state index in [1.54, 1.807) is 13.0 Å². The van der Waals surface area contributed by atoms with Gasteiger partial charge < -0.3 is 14.5 Å². The predicted molar refractivity (Wildman–Crippen MR) is 75.0 cm³/mol. The minimum Gasteiger partial charge on any atom is -0.464 e. The predicted octanol–water partition coefficient (Wildman–Crippen LogP) is 1.11. The molecule has 6 nitrogen and oxygen atoms in total. The van der Waals surface area contributed by atoms with Gasteiger partial charge in [-0.05, 0) is 6.92 Å². The molecule has 0 amide bonds. The second-order valence-electron chi connectivity index (χ2n) is 5.19. The van der Waals surface area contributed by atoms with Gasteiger partial charge in [0.1, 0.15) is 16.4 Å². The first-order valence-electron chi connectivity index (χ1n) is 6.82. The monoisotopic (exact) mass is 302 g/mol. The zero-order valence-corrected chi connectivity index (χ0v) is 13.0. The largest absolute Gasteiger partial charge is 0.464 e. The summed E-state index contributed by atoms with van der Waals surface area (Å²) in [4.78, 5) is 0.264. The highest BCUT2D eigenvalue weighted by Gasteiger charge is 2.30. The molecule has 0 saturated carbocycles. The Labute approximate surface area is 120 Å². The fourth-order valence-electron chi connectivity index (χ4n) is 2.10. The Kier molecular flexibility index (Phi) is 4.85. The Morgan fingerprint density at radius 3 is 2.60 bits per heavy atom. The fourth-order valence-corrected chi connectivity index (χ4v) is 3.69. The minimum atomic E-state index is -3.48. The summed E-state index contributed by atoms with van der Waals surface area (Å²) >= 11 is 0. The molecule has 1 aliphatic rings. The molecule has 1 aromatic rings. The van der Waals surface area contributed by atoms with E-state index in [1.807, 2.05) is 13.8 Å². The second kappa shape index (κ2) is 6.26. The summed E-state index contributed by atoms with van der Waals surface area (Å²) in [6.45, 7) is 7.94. The molecule has 0 aliphatic carbocycles. The van der Waals surface area contributed by atoms with E-state index in [0.717, 1.165) is 0 Å². The number of morpholine rings is 1. The topological polar surface area (TPSA) is 71.8 Å². The summed E-state index contributed by atoms with van der Waals surface area (Å²) in [6, 6.07) is 1.94. The number of aryl methyl sites for hydroxylation is 1. The van der Waals surface area contributed by atoms with Crippen LogP contribution in [0, 0.1) is 6.92 Å². The number of nitrogens with one attached hydrogen (secondary N) is 1. The summed E-state index contributed by atoms with van der Waals surface area (Å²) in [5, 5.41) is 3.21. The standard InChI is InChI=1S/C13H22N2O4S/c1-10(2)14-9-12-8-13(11(3)19-12)20(16,17)15-4-6-18-7-5-15/h8,10,14H,4-7,9H2,1-3H3. The van der Waals surface area contributed by atoms with Crippen LogP contribution in [0.5, 0.6) is 0 Å². The number of ether oxygens (including phenoxy) is 1. The third kappa shape index (κ3) is 3.41. The molecule has 0 bridgehead atoms. The molecule has 0 unspecified atom stereocenters. The molecule has 1 N–H and O–H groups in total. The lowest BCUT2D eigenvalue weighted by Gasteiger charge is -2.25. The van der Waals surface area contributed by atoms with Gasteiger partial charge in [0.25, 0.3) is 0 Å². The van der Waals surface area contributed by atoms with Gasteiger partial charge in [0.2, 0.25) is 10.0 Å². The van der Waals surface area contributed by atoms with Crippen molar-refractivity contribution in [1.29, 1.82) is 0 Å². The number of hydrogen-bond donors (Lipinski definition) is 1. The maximum Gasteiger partial charge on any atom is 0.246 e. The molecule has 1 saturated heterocycles. The van der Waals surface area contributed by atoms with E-state index >= 15 is 0 Å². The summed E-state index contributed by atoms with van der Waals surface area (Å²) in [5.74, 6) is 1.08. The normalized spacial score (nSPS) is 17.8. The van der Waals surface area contributed by atoms with Crippen LogP contribution in [0.3, 0.4) is 0 Å². The van der Waals surface area contributed by atoms with Crippen LogP contribution in [0.4, 0.5) is 0 Å². The van der Waals surface area contributed by atoms with Crippen molar-refractivity contribution in [2.45, 2.75) is 38.3 Å². The summed E-state index contributed by atoms with van der Waals surface area (Å²) in [6.07, 6.45) is 0. The van der Waals surface area contributed by atoms with E-state index in [2.05, 4.69) is 5.32 Å². The van der Waals surface area contributed by atoms with E-state index in [4.69, 9.17) is 9.15 Å². The van der Waals surface area contributed by atoms with Crippen LogP contribution in [0.25, 0.3) is 0 Å². The van der Waals surface area contributed by atoms with Crippen LogP contribution >= 0.6 is 0 Å². The quantitative estimate of drug-likeness (QED) is 0.882. The van der Waals surface area contributed by atoms with E-state index in [0.29, 0.717) is 50.4 Å². The molecule has 7 heteroatoms. The molecule has 1 fully saturated rings. The van der Waals surface area contributed by atoms with E-state index in [-0.39, 0.29) is 4.90 Å². The van der Waals surface area contributed by atoms with Crippen molar-refractivity contribution >= 4 is 10.0 Å². The third-order valence-corrected chi connectivity index (χ3v) is 5.20. The highest BCUT2D eigenvalue weighted by atomic mass is 32.2. The highest BCUT2D eigenvalue weighted by Crippen LogP contribution is 2.24. The molecule has 0 spiro atoms. The number of hydrogen-bond acceptors (Lipinski definition) is 5. The van der Waals surface area contributed by atoms with Crippen LogP contribution in [0.15, 0.2) is 15.4 Å². The Morgan fingerprint density at radius 1 is 1.35 bits per heavy atom. The van der Waals surface area contributed by atoms with Crippen LogP contribution in [0.1, 0.15) is 25.4 Å². The Bertz CT molecular complexity index is 545. The van der Waals surface area contributed by atoms with Crippen LogP contribution < -0.4 is 5.32 Å². The Hall–Kier alpha value is -0.890. The first-order chi connectivity index (χ1) is 9.41. The maximum absolute atomic E-state index is 12.5. The Balaban J connectivity index is 2.18. The fraction of sp³-hybridized carbons (Fsp3) is 0.692. The number of nitrogens with zero attached hydrogens (tertiary/aromatic N) is 1. The second-order valence-corrected chi connectivity index (χ2v) is 7.09. The first-order valence-corrected chi connectivity index (χ1v) is 8.26. The molecule has 2 heterocycles. The lowest BCUT2D eigenvalue weighted by Crippen LogP contribution is -2.40. The van der Waals surface area contributed by atoms with Gasteiger partial charge in [-0.3, -0.25) is 0 Å². The van der Waals surface area contributed by atoms with E-state index < -0.39 is 10.0 Å². The SMILES string of the molecule is Cc1oc(CNC(C)C)cc1S(=O)(=O)N1CCOCC1. The van der Waals surface area contributed by atoms with Gasteiger partial charge in [0, 0.05) is 25.2 Å². The number of sulfonamides is 1. The lowest BCUT2D eigenvalue weighted by molar-refractivity contribution is 0.0730. The minimum absolute atomic E-state index is 0.264. The average Bonchev–Trinajstić information content (AvgIpc) is 2.79. The van der Waals surface area contributed by atoms with Crippen molar-refractivity contribution in [3.63, 3.8) is 0 Å². The molecular weight excluding hydrogens is 280 g/mol. The average molecular weight is 302 g/mol. The van der Waals surface area contributed by atoms with Gasteiger partial charge in [0.05, 0.1) is 19.8 Å². The summed E-state index contributed by atoms with van der Waals surface area (Å²) in [7, 11) is -3.48. The zero-order valence-electron chi connectivity index (χ0n) is 12.2. The number of furan rings is 1. The van der Waals surface area contributed by atoms with Crippen molar-refractivity contribution < 1.29 is 17.6 Å². The molecule has 1 aromatic heterocycles. The van der Waals surface area contributed by atoms with Gasteiger partial charge in [-0.15, -0.1) is 0 Å². The summed E-state index contributed by atoms with van der Waals surface area (Å²) < 4.78 is 37.3. The smallest absolute Gasteiger partial charge is 0.246 e. The first kappa shape index (κ1) is 15.5. The van der Waals surface area contributed by atoms with E-state index in [9.17, 15) is 8.42 Å². The van der Waals surface area contributed by atoms with Gasteiger partial charge in [-0.25, -0.2) is 8.42 Å². The molecule has 1 aliphatic heterocycles. The van der Waals surface area contributed by atoms with Crippen molar-refractivity contribution in [3.05, 3.63) is 17.6 Å². The molecule has 114 valence electrons. The van der Waals surface area contributed by atoms with Crippen molar-refractivity contribution in [2.75, 3.05) is 26.3 Å². The molecular formula is C13H22N2O4S. The van der Waals surface area contributed by atoms with Crippen LogP contribution in [0.2, 0.25) is 0 Å². The molecule has 0 atom stereocenters. The van der Waals surface area contributed by atoms with Crippen molar-refractivity contribution in [2.24, 2.45) is 0 Å². The maximum atomic E-state index is 12.5. The zero-order chi connectivity index (χ0) is 14.8. The molecule has 2 rings (SSSR count). The van der Waals surface area contributed by atoms with Gasteiger partial charge in [-0.2, -0.15) is 4.31 Å². The van der Waals surface area contributed by atoms with Gasteiger partial charge in [-0.1, -0.05) is 13.8 Å². The van der Waals surface area contributed by atoms with E-state index in [1.165, 1.54) is 4.31 Å².